The van der Waals surface area contributed by atoms with Crippen LogP contribution in [0.4, 0.5) is 0 Å². The van der Waals surface area contributed by atoms with E-state index in [1.165, 1.54) is 11.1 Å². The lowest BCUT2D eigenvalue weighted by atomic mass is 10.1. The Labute approximate surface area is 122 Å². The van der Waals surface area contributed by atoms with Crippen LogP contribution in [-0.2, 0) is 6.54 Å². The van der Waals surface area contributed by atoms with E-state index >= 15 is 0 Å². The topological polar surface area (TPSA) is 12.0 Å². The van der Waals surface area contributed by atoms with Crippen molar-refractivity contribution in [1.82, 2.24) is 5.32 Å². The van der Waals surface area contributed by atoms with Crippen LogP contribution in [0.2, 0.25) is 0 Å². The minimum atomic E-state index is 0.652. The van der Waals surface area contributed by atoms with Gasteiger partial charge in [-0.25, -0.2) is 0 Å². The van der Waals surface area contributed by atoms with Gasteiger partial charge in [-0.05, 0) is 30.0 Å². The molecule has 0 aromatic heterocycles. The third-order valence-corrected chi connectivity index (χ3v) is 3.31. The standard InChI is InChI=1S/C19H23N/c1-17(9-8-14-18-10-4-2-5-11-18)15-20-16-19-12-6-3-7-13-19/h2-8,10-14,17,20H,9,15-16H2,1H3/b14-8+/t17-/m1/s1. The first kappa shape index (κ1) is 14.5. The van der Waals surface area contributed by atoms with Crippen LogP contribution in [0.1, 0.15) is 24.5 Å². The SMILES string of the molecule is C[C@H](C/C=C/c1ccccc1)CNCc1ccccc1. The largest absolute Gasteiger partial charge is 0.312 e. The minimum absolute atomic E-state index is 0.652. The van der Waals surface area contributed by atoms with Crippen LogP contribution < -0.4 is 5.32 Å². The second kappa shape index (κ2) is 8.34. The fraction of sp³-hybridized carbons (Fsp3) is 0.263. The Morgan fingerprint density at radius 3 is 2.30 bits per heavy atom. The molecule has 0 radical (unpaired) electrons. The summed E-state index contributed by atoms with van der Waals surface area (Å²) in [5, 5.41) is 3.52. The molecule has 20 heavy (non-hydrogen) atoms. The smallest absolute Gasteiger partial charge is 0.0205 e. The van der Waals surface area contributed by atoms with E-state index in [0.29, 0.717) is 5.92 Å². The zero-order chi connectivity index (χ0) is 14.0. The van der Waals surface area contributed by atoms with E-state index in [2.05, 4.69) is 79.0 Å². The average molecular weight is 265 g/mol. The molecule has 104 valence electrons. The molecule has 2 aromatic carbocycles. The molecule has 2 rings (SSSR count). The lowest BCUT2D eigenvalue weighted by Crippen LogP contribution is -2.20. The molecule has 0 aliphatic carbocycles. The van der Waals surface area contributed by atoms with Crippen molar-refractivity contribution in [3.05, 3.63) is 77.9 Å². The average Bonchev–Trinajstić information content (AvgIpc) is 2.49. The minimum Gasteiger partial charge on any atom is -0.312 e. The molecule has 1 N–H and O–H groups in total. The Morgan fingerprint density at radius 1 is 0.950 bits per heavy atom. The Kier molecular flexibility index (Phi) is 6.07. The van der Waals surface area contributed by atoms with E-state index in [-0.39, 0.29) is 0 Å². The second-order valence-electron chi connectivity index (χ2n) is 5.27. The van der Waals surface area contributed by atoms with Crippen molar-refractivity contribution >= 4 is 6.08 Å². The molecule has 1 atom stereocenters. The van der Waals surface area contributed by atoms with Gasteiger partial charge < -0.3 is 5.32 Å². The van der Waals surface area contributed by atoms with Crippen molar-refractivity contribution in [1.29, 1.82) is 0 Å². The highest BCUT2D eigenvalue weighted by molar-refractivity contribution is 5.48. The highest BCUT2D eigenvalue weighted by atomic mass is 14.8. The van der Waals surface area contributed by atoms with Gasteiger partial charge in [0.2, 0.25) is 0 Å². The monoisotopic (exact) mass is 265 g/mol. The lowest BCUT2D eigenvalue weighted by molar-refractivity contribution is 0.519. The summed E-state index contributed by atoms with van der Waals surface area (Å²) in [6, 6.07) is 21.0. The first-order valence-electron chi connectivity index (χ1n) is 7.31. The maximum Gasteiger partial charge on any atom is 0.0205 e. The van der Waals surface area contributed by atoms with Gasteiger partial charge in [-0.3, -0.25) is 0 Å². The molecule has 0 fully saturated rings. The molecular weight excluding hydrogens is 242 g/mol. The van der Waals surface area contributed by atoms with Gasteiger partial charge in [0.15, 0.2) is 0 Å². The zero-order valence-electron chi connectivity index (χ0n) is 12.1. The van der Waals surface area contributed by atoms with E-state index in [0.717, 1.165) is 19.5 Å². The summed E-state index contributed by atoms with van der Waals surface area (Å²) >= 11 is 0. The Bertz CT molecular complexity index is 502. The molecule has 0 amide bonds. The van der Waals surface area contributed by atoms with Crippen LogP contribution in [0.5, 0.6) is 0 Å². The number of hydrogen-bond acceptors (Lipinski definition) is 1. The lowest BCUT2D eigenvalue weighted by Gasteiger charge is -2.10. The summed E-state index contributed by atoms with van der Waals surface area (Å²) in [5.74, 6) is 0.652. The molecule has 2 aromatic rings. The number of allylic oxidation sites excluding steroid dienone is 1. The van der Waals surface area contributed by atoms with Gasteiger partial charge >= 0.3 is 0 Å². The first-order chi connectivity index (χ1) is 9.84. The van der Waals surface area contributed by atoms with Gasteiger partial charge in [-0.1, -0.05) is 79.7 Å². The predicted octanol–water partition coefficient (Wildman–Crippen LogP) is 4.52. The Hall–Kier alpha value is -1.86. The van der Waals surface area contributed by atoms with Crippen molar-refractivity contribution in [2.75, 3.05) is 6.54 Å². The fourth-order valence-corrected chi connectivity index (χ4v) is 2.14. The van der Waals surface area contributed by atoms with Crippen molar-refractivity contribution < 1.29 is 0 Å². The van der Waals surface area contributed by atoms with Gasteiger partial charge in [0.1, 0.15) is 0 Å². The van der Waals surface area contributed by atoms with E-state index in [9.17, 15) is 0 Å². The van der Waals surface area contributed by atoms with Gasteiger partial charge in [-0.15, -0.1) is 0 Å². The predicted molar refractivity (Wildman–Crippen MR) is 87.4 cm³/mol. The van der Waals surface area contributed by atoms with Gasteiger partial charge in [0.05, 0.1) is 0 Å². The molecule has 1 nitrogen and oxygen atoms in total. The summed E-state index contributed by atoms with van der Waals surface area (Å²) < 4.78 is 0. The molecule has 0 heterocycles. The first-order valence-corrected chi connectivity index (χ1v) is 7.31. The summed E-state index contributed by atoms with van der Waals surface area (Å²) in [4.78, 5) is 0. The number of rotatable bonds is 7. The molecule has 0 unspecified atom stereocenters. The van der Waals surface area contributed by atoms with E-state index in [1.807, 2.05) is 6.07 Å². The van der Waals surface area contributed by atoms with E-state index in [1.54, 1.807) is 0 Å². The maximum atomic E-state index is 3.52. The van der Waals surface area contributed by atoms with Crippen LogP contribution in [0, 0.1) is 5.92 Å². The zero-order valence-corrected chi connectivity index (χ0v) is 12.1. The van der Waals surface area contributed by atoms with E-state index in [4.69, 9.17) is 0 Å². The highest BCUT2D eigenvalue weighted by Gasteiger charge is 1.99. The number of benzene rings is 2. The molecule has 0 saturated heterocycles. The molecule has 0 saturated carbocycles. The van der Waals surface area contributed by atoms with Crippen molar-refractivity contribution in [2.24, 2.45) is 5.92 Å². The quantitative estimate of drug-likeness (QED) is 0.776. The van der Waals surface area contributed by atoms with Crippen LogP contribution in [0.15, 0.2) is 66.7 Å². The normalized spacial score (nSPS) is 12.7. The van der Waals surface area contributed by atoms with Gasteiger partial charge in [0.25, 0.3) is 0 Å². The third kappa shape index (κ3) is 5.41. The summed E-state index contributed by atoms with van der Waals surface area (Å²) in [6.45, 7) is 4.29. The summed E-state index contributed by atoms with van der Waals surface area (Å²) in [6.07, 6.45) is 5.58. The molecule has 0 bridgehead atoms. The van der Waals surface area contributed by atoms with Crippen LogP contribution in [0.25, 0.3) is 6.08 Å². The molecular formula is C19H23N. The second-order valence-corrected chi connectivity index (χ2v) is 5.27. The molecule has 0 aliphatic rings. The molecule has 1 heteroatoms. The highest BCUT2D eigenvalue weighted by Crippen LogP contribution is 2.07. The molecule has 0 aliphatic heterocycles. The van der Waals surface area contributed by atoms with Crippen molar-refractivity contribution in [3.8, 4) is 0 Å². The van der Waals surface area contributed by atoms with Gasteiger partial charge in [0, 0.05) is 6.54 Å². The Balaban J connectivity index is 1.66. The number of hydrogen-bond donors (Lipinski definition) is 1. The number of nitrogens with one attached hydrogen (secondary N) is 1. The maximum absolute atomic E-state index is 3.52. The Morgan fingerprint density at radius 2 is 1.60 bits per heavy atom. The van der Waals surface area contributed by atoms with Gasteiger partial charge in [-0.2, -0.15) is 0 Å². The van der Waals surface area contributed by atoms with Crippen LogP contribution in [0.3, 0.4) is 0 Å². The third-order valence-electron chi connectivity index (χ3n) is 3.31. The fourth-order valence-electron chi connectivity index (χ4n) is 2.14. The van der Waals surface area contributed by atoms with Crippen LogP contribution >= 0.6 is 0 Å². The summed E-state index contributed by atoms with van der Waals surface area (Å²) in [5.41, 5.74) is 2.62. The van der Waals surface area contributed by atoms with E-state index < -0.39 is 0 Å². The van der Waals surface area contributed by atoms with Crippen molar-refractivity contribution in [2.45, 2.75) is 19.9 Å². The summed E-state index contributed by atoms with van der Waals surface area (Å²) in [7, 11) is 0. The van der Waals surface area contributed by atoms with Crippen molar-refractivity contribution in [3.63, 3.8) is 0 Å². The molecule has 0 spiro atoms. The van der Waals surface area contributed by atoms with Crippen LogP contribution in [-0.4, -0.2) is 6.54 Å².